The number of rotatable bonds is 1. The van der Waals surface area contributed by atoms with Crippen LogP contribution in [0.25, 0.3) is 10.1 Å². The van der Waals surface area contributed by atoms with Crippen LogP contribution < -0.4 is 0 Å². The predicted molar refractivity (Wildman–Crippen MR) is 73.9 cm³/mol. The maximum atomic E-state index is 10.8. The lowest BCUT2D eigenvalue weighted by molar-refractivity contribution is -0.386. The molecule has 1 aromatic heterocycles. The summed E-state index contributed by atoms with van der Waals surface area (Å²) in [6.45, 7) is 0. The molecular weight excluding hydrogens is 428 g/mol. The molecule has 6 heteroatoms. The number of nitrogens with zero attached hydrogens (tertiary/aromatic N) is 1. The first kappa shape index (κ1) is 10.6. The van der Waals surface area contributed by atoms with Gasteiger partial charge in [0.05, 0.1) is 13.2 Å². The van der Waals surface area contributed by atoms with Gasteiger partial charge in [-0.05, 0) is 68.1 Å². The Labute approximate surface area is 111 Å². The van der Waals surface area contributed by atoms with Gasteiger partial charge < -0.3 is 0 Å². The first-order valence-electron chi connectivity index (χ1n) is 3.61. The van der Waals surface area contributed by atoms with E-state index in [9.17, 15) is 10.1 Å². The minimum absolute atomic E-state index is 0.223. The summed E-state index contributed by atoms with van der Waals surface area (Å²) in [7, 11) is 0. The molecule has 1 heterocycles. The van der Waals surface area contributed by atoms with Gasteiger partial charge in [0.2, 0.25) is 0 Å². The fourth-order valence-electron chi connectivity index (χ4n) is 1.20. The minimum Gasteiger partial charge on any atom is -0.258 e. The van der Waals surface area contributed by atoms with Gasteiger partial charge in [0, 0.05) is 0 Å². The average molecular weight is 431 g/mol. The van der Waals surface area contributed by atoms with E-state index < -0.39 is 0 Å². The highest BCUT2D eigenvalue weighted by molar-refractivity contribution is 14.1. The molecule has 0 spiro atoms. The van der Waals surface area contributed by atoms with E-state index in [1.165, 1.54) is 11.3 Å². The molecule has 0 saturated heterocycles. The molecule has 0 bridgehead atoms. The molecule has 0 saturated carbocycles. The second-order valence-corrected chi connectivity index (χ2v) is 5.77. The highest BCUT2D eigenvalue weighted by Crippen LogP contribution is 2.36. The van der Waals surface area contributed by atoms with E-state index in [1.54, 1.807) is 0 Å². The van der Waals surface area contributed by atoms with Gasteiger partial charge >= 0.3 is 0 Å². The number of hydrogen-bond donors (Lipinski definition) is 0. The molecule has 0 unspecified atom stereocenters. The first-order chi connectivity index (χ1) is 6.61. The third-order valence-electron chi connectivity index (χ3n) is 1.79. The van der Waals surface area contributed by atoms with Crippen LogP contribution >= 0.6 is 56.5 Å². The summed E-state index contributed by atoms with van der Waals surface area (Å²) in [5.74, 6) is 0. The van der Waals surface area contributed by atoms with Gasteiger partial charge in [-0.2, -0.15) is 0 Å². The van der Waals surface area contributed by atoms with Crippen LogP contribution in [-0.4, -0.2) is 4.92 Å². The first-order valence-corrected chi connectivity index (χ1v) is 6.64. The summed E-state index contributed by atoms with van der Waals surface area (Å²) < 4.78 is 2.44. The van der Waals surface area contributed by atoms with Crippen molar-refractivity contribution in [3.05, 3.63) is 34.8 Å². The summed E-state index contributed by atoms with van der Waals surface area (Å²) in [5, 5.41) is 13.8. The lowest BCUT2D eigenvalue weighted by Gasteiger charge is -1.99. The predicted octanol–water partition coefficient (Wildman–Crippen LogP) is 4.02. The molecule has 2 rings (SSSR count). The van der Waals surface area contributed by atoms with Crippen LogP contribution in [0, 0.1) is 17.3 Å². The normalized spacial score (nSPS) is 10.7. The zero-order valence-electron chi connectivity index (χ0n) is 6.66. The monoisotopic (exact) mass is 431 g/mol. The second kappa shape index (κ2) is 3.89. The van der Waals surface area contributed by atoms with Crippen LogP contribution in [0.5, 0.6) is 0 Å². The molecule has 0 aliphatic carbocycles. The Kier molecular flexibility index (Phi) is 2.93. The number of thiophene rings is 1. The fraction of sp³-hybridized carbons (Fsp3) is 0. The summed E-state index contributed by atoms with van der Waals surface area (Å²) in [6, 6.07) is 3.83. The Balaban J connectivity index is 2.89. The van der Waals surface area contributed by atoms with Crippen molar-refractivity contribution in [1.82, 2.24) is 0 Å². The van der Waals surface area contributed by atoms with Crippen LogP contribution in [0.3, 0.4) is 0 Å². The highest BCUT2D eigenvalue weighted by atomic mass is 127. The van der Waals surface area contributed by atoms with Crippen molar-refractivity contribution in [3.8, 4) is 0 Å². The van der Waals surface area contributed by atoms with Gasteiger partial charge in [0.1, 0.15) is 3.57 Å². The van der Waals surface area contributed by atoms with Crippen molar-refractivity contribution < 1.29 is 4.92 Å². The highest BCUT2D eigenvalue weighted by Gasteiger charge is 2.20. The van der Waals surface area contributed by atoms with Crippen LogP contribution in [-0.2, 0) is 0 Å². The third kappa shape index (κ3) is 1.63. The molecule has 0 amide bonds. The second-order valence-electron chi connectivity index (χ2n) is 2.62. The SMILES string of the molecule is O=[N+]([O-])c1c(I)cc2ccsc2c1I. The molecule has 2 aromatic rings. The van der Waals surface area contributed by atoms with Gasteiger partial charge in [-0.1, -0.05) is 0 Å². The van der Waals surface area contributed by atoms with Crippen molar-refractivity contribution in [2.75, 3.05) is 0 Å². The summed E-state index contributed by atoms with van der Waals surface area (Å²) in [5.41, 5.74) is 0.223. The van der Waals surface area contributed by atoms with Gasteiger partial charge in [0.15, 0.2) is 0 Å². The van der Waals surface area contributed by atoms with Crippen molar-refractivity contribution >= 4 is 72.3 Å². The number of hydrogen-bond acceptors (Lipinski definition) is 3. The zero-order valence-corrected chi connectivity index (χ0v) is 11.8. The van der Waals surface area contributed by atoms with Crippen molar-refractivity contribution in [3.63, 3.8) is 0 Å². The van der Waals surface area contributed by atoms with Crippen LogP contribution in [0.4, 0.5) is 5.69 Å². The summed E-state index contributed by atoms with van der Waals surface area (Å²) in [4.78, 5) is 10.5. The quantitative estimate of drug-likeness (QED) is 0.389. The van der Waals surface area contributed by atoms with E-state index in [0.29, 0.717) is 3.57 Å². The Bertz CT molecular complexity index is 523. The Hall–Kier alpha value is 0.0400. The molecular formula is C8H3I2NO2S. The van der Waals surface area contributed by atoms with Crippen LogP contribution in [0.1, 0.15) is 0 Å². The molecule has 0 aliphatic heterocycles. The summed E-state index contributed by atoms with van der Waals surface area (Å²) in [6.07, 6.45) is 0. The number of halogens is 2. The van der Waals surface area contributed by atoms with E-state index in [4.69, 9.17) is 0 Å². The minimum atomic E-state index is -0.317. The van der Waals surface area contributed by atoms with Crippen molar-refractivity contribution in [2.45, 2.75) is 0 Å². The van der Waals surface area contributed by atoms with Gasteiger partial charge in [-0.25, -0.2) is 0 Å². The average Bonchev–Trinajstić information content (AvgIpc) is 2.50. The Morgan fingerprint density at radius 2 is 2.14 bits per heavy atom. The number of nitro benzene ring substituents is 1. The zero-order chi connectivity index (χ0) is 10.3. The van der Waals surface area contributed by atoms with Crippen molar-refractivity contribution in [1.29, 1.82) is 0 Å². The molecule has 0 atom stereocenters. The largest absolute Gasteiger partial charge is 0.297 e. The number of nitro groups is 1. The van der Waals surface area contributed by atoms with E-state index in [0.717, 1.165) is 13.7 Å². The molecule has 1 aromatic carbocycles. The van der Waals surface area contributed by atoms with E-state index in [2.05, 4.69) is 0 Å². The van der Waals surface area contributed by atoms with E-state index in [1.807, 2.05) is 62.7 Å². The lowest BCUT2D eigenvalue weighted by atomic mass is 10.2. The molecule has 0 radical (unpaired) electrons. The summed E-state index contributed by atoms with van der Waals surface area (Å²) >= 11 is 5.58. The van der Waals surface area contributed by atoms with Gasteiger partial charge in [0.25, 0.3) is 5.69 Å². The Morgan fingerprint density at radius 3 is 2.79 bits per heavy atom. The molecule has 0 N–H and O–H groups in total. The van der Waals surface area contributed by atoms with Crippen LogP contribution in [0.15, 0.2) is 17.5 Å². The standard InChI is InChI=1S/C8H3I2NO2S/c9-5-3-4-1-2-14-8(4)6(10)7(5)11(12)13/h1-3H. The van der Waals surface area contributed by atoms with E-state index >= 15 is 0 Å². The molecule has 14 heavy (non-hydrogen) atoms. The molecule has 0 aliphatic rings. The number of benzene rings is 1. The topological polar surface area (TPSA) is 43.1 Å². The maximum Gasteiger partial charge on any atom is 0.297 e. The maximum absolute atomic E-state index is 10.8. The lowest BCUT2D eigenvalue weighted by Crippen LogP contribution is -1.94. The molecule has 0 fully saturated rings. The Morgan fingerprint density at radius 1 is 1.43 bits per heavy atom. The molecule has 72 valence electrons. The van der Waals surface area contributed by atoms with Crippen molar-refractivity contribution in [2.24, 2.45) is 0 Å². The van der Waals surface area contributed by atoms with Crippen LogP contribution in [0.2, 0.25) is 0 Å². The van der Waals surface area contributed by atoms with E-state index in [-0.39, 0.29) is 10.6 Å². The third-order valence-corrected chi connectivity index (χ3v) is 4.98. The molecule has 3 nitrogen and oxygen atoms in total. The fourth-order valence-corrected chi connectivity index (χ4v) is 4.51. The smallest absolute Gasteiger partial charge is 0.258 e. The van der Waals surface area contributed by atoms with Gasteiger partial charge in [-0.15, -0.1) is 11.3 Å². The van der Waals surface area contributed by atoms with Gasteiger partial charge in [-0.3, -0.25) is 10.1 Å². The number of fused-ring (bicyclic) bond motifs is 1.